The zero-order chi connectivity index (χ0) is 25.2. The maximum atomic E-state index is 13.7. The van der Waals surface area contributed by atoms with Crippen molar-refractivity contribution in [3.8, 4) is 5.75 Å². The van der Waals surface area contributed by atoms with Gasteiger partial charge in [-0.1, -0.05) is 48.0 Å². The van der Waals surface area contributed by atoms with Crippen LogP contribution in [0.25, 0.3) is 0 Å². The summed E-state index contributed by atoms with van der Waals surface area (Å²) in [6.07, 6.45) is 1.45. The first kappa shape index (κ1) is 23.3. The summed E-state index contributed by atoms with van der Waals surface area (Å²) in [7, 11) is 0. The van der Waals surface area contributed by atoms with E-state index in [4.69, 9.17) is 4.74 Å². The number of carbonyl (C=O) groups excluding carboxylic acids is 1. The number of nitrogens with zero attached hydrogens (tertiary/aromatic N) is 3. The maximum Gasteiger partial charge on any atom is 0.255 e. The van der Waals surface area contributed by atoms with E-state index in [0.717, 1.165) is 27.9 Å². The van der Waals surface area contributed by atoms with Gasteiger partial charge in [-0.2, -0.15) is 10.1 Å². The number of hydrogen-bond donors (Lipinski definition) is 2. The summed E-state index contributed by atoms with van der Waals surface area (Å²) in [5, 5.41) is 10.7. The average molecular weight is 484 g/mol. The highest BCUT2D eigenvalue weighted by Gasteiger charge is 2.35. The monoisotopic (exact) mass is 483 g/mol. The zero-order valence-corrected chi connectivity index (χ0v) is 20.2. The molecule has 1 aliphatic rings. The molecular weight excluding hydrogens is 457 g/mol. The van der Waals surface area contributed by atoms with Gasteiger partial charge in [0, 0.05) is 16.9 Å². The van der Waals surface area contributed by atoms with Crippen molar-refractivity contribution in [3.05, 3.63) is 112 Å². The number of nitrogens with one attached hydrogen (secondary N) is 2. The first-order chi connectivity index (χ1) is 17.4. The Bertz CT molecular complexity index is 1460. The van der Waals surface area contributed by atoms with Gasteiger partial charge >= 0.3 is 0 Å². The Morgan fingerprint density at radius 1 is 1.08 bits per heavy atom. The molecule has 1 amide bonds. The number of anilines is 2. The SMILES string of the molecule is CC1=C(C(=O)Nc2ccc(C)cc2C)C(c2ccccc2OCc2ccc(F)cc2)n2ncnc2N1. The first-order valence-electron chi connectivity index (χ1n) is 11.6. The van der Waals surface area contributed by atoms with Gasteiger partial charge in [-0.25, -0.2) is 9.07 Å². The fourth-order valence-electron chi connectivity index (χ4n) is 4.40. The minimum atomic E-state index is -0.570. The quantitative estimate of drug-likeness (QED) is 0.376. The molecule has 2 N–H and O–H groups in total. The number of aryl methyl sites for hydroxylation is 2. The summed E-state index contributed by atoms with van der Waals surface area (Å²) in [6, 6.07) is 19.1. The van der Waals surface area contributed by atoms with E-state index in [9.17, 15) is 9.18 Å². The number of benzene rings is 3. The fraction of sp³-hybridized carbons (Fsp3) is 0.179. The molecule has 5 rings (SSSR count). The summed E-state index contributed by atoms with van der Waals surface area (Å²) in [5.74, 6) is 0.591. The largest absolute Gasteiger partial charge is 0.489 e. The number of para-hydroxylation sites is 1. The molecule has 1 unspecified atom stereocenters. The zero-order valence-electron chi connectivity index (χ0n) is 20.2. The number of ether oxygens (including phenoxy) is 1. The van der Waals surface area contributed by atoms with Crippen molar-refractivity contribution in [2.45, 2.75) is 33.4 Å². The minimum absolute atomic E-state index is 0.244. The number of halogens is 1. The first-order valence-corrected chi connectivity index (χ1v) is 11.6. The summed E-state index contributed by atoms with van der Waals surface area (Å²) >= 11 is 0. The van der Waals surface area contributed by atoms with Crippen molar-refractivity contribution in [2.75, 3.05) is 10.6 Å². The molecule has 4 aromatic rings. The molecule has 0 saturated heterocycles. The van der Waals surface area contributed by atoms with Gasteiger partial charge in [-0.05, 0) is 56.2 Å². The van der Waals surface area contributed by atoms with Crippen LogP contribution in [0.15, 0.2) is 84.3 Å². The third-order valence-electron chi connectivity index (χ3n) is 6.19. The van der Waals surface area contributed by atoms with Gasteiger partial charge in [0.1, 0.15) is 30.5 Å². The normalized spacial score (nSPS) is 14.7. The highest BCUT2D eigenvalue weighted by molar-refractivity contribution is 6.06. The molecule has 7 nitrogen and oxygen atoms in total. The van der Waals surface area contributed by atoms with Crippen LogP contribution in [0.3, 0.4) is 0 Å². The van der Waals surface area contributed by atoms with E-state index in [2.05, 4.69) is 20.7 Å². The summed E-state index contributed by atoms with van der Waals surface area (Å²) < 4.78 is 21.2. The van der Waals surface area contributed by atoms with Gasteiger partial charge in [0.25, 0.3) is 5.91 Å². The Morgan fingerprint density at radius 2 is 1.86 bits per heavy atom. The number of amides is 1. The van der Waals surface area contributed by atoms with E-state index in [1.165, 1.54) is 18.5 Å². The Morgan fingerprint density at radius 3 is 2.64 bits per heavy atom. The van der Waals surface area contributed by atoms with Crippen molar-refractivity contribution in [2.24, 2.45) is 0 Å². The minimum Gasteiger partial charge on any atom is -0.489 e. The molecule has 182 valence electrons. The standard InChI is InChI=1S/C28H26FN5O2/c1-17-8-13-23(18(2)14-17)33-27(35)25-19(3)32-28-30-16-31-34(28)26(25)22-6-4-5-7-24(22)36-15-20-9-11-21(29)12-10-20/h4-14,16,26H,15H2,1-3H3,(H,33,35)(H,30,31,32). The lowest BCUT2D eigenvalue weighted by molar-refractivity contribution is -0.113. The van der Waals surface area contributed by atoms with Crippen molar-refractivity contribution in [3.63, 3.8) is 0 Å². The third-order valence-corrected chi connectivity index (χ3v) is 6.19. The molecule has 1 aromatic heterocycles. The molecule has 8 heteroatoms. The number of hydrogen-bond acceptors (Lipinski definition) is 5. The highest BCUT2D eigenvalue weighted by atomic mass is 19.1. The smallest absolute Gasteiger partial charge is 0.255 e. The number of aromatic nitrogens is 3. The topological polar surface area (TPSA) is 81.1 Å². The summed E-state index contributed by atoms with van der Waals surface area (Å²) in [6.45, 7) is 6.08. The fourth-order valence-corrected chi connectivity index (χ4v) is 4.40. The van der Waals surface area contributed by atoms with Crippen molar-refractivity contribution >= 4 is 17.5 Å². The lowest BCUT2D eigenvalue weighted by Gasteiger charge is -2.30. The molecule has 2 heterocycles. The van der Waals surface area contributed by atoms with Crippen LogP contribution < -0.4 is 15.4 Å². The van der Waals surface area contributed by atoms with E-state index < -0.39 is 6.04 Å². The number of allylic oxidation sites excluding steroid dienone is 1. The Labute approximate surface area is 208 Å². The molecule has 0 aliphatic carbocycles. The number of fused-ring (bicyclic) bond motifs is 1. The van der Waals surface area contributed by atoms with Crippen LogP contribution in [-0.2, 0) is 11.4 Å². The lowest BCUT2D eigenvalue weighted by atomic mass is 9.94. The maximum absolute atomic E-state index is 13.7. The van der Waals surface area contributed by atoms with E-state index >= 15 is 0 Å². The molecule has 0 saturated carbocycles. The Hall–Kier alpha value is -4.46. The van der Waals surface area contributed by atoms with Gasteiger partial charge < -0.3 is 15.4 Å². The molecule has 1 aliphatic heterocycles. The van der Waals surface area contributed by atoms with Crippen molar-refractivity contribution < 1.29 is 13.9 Å². The van der Waals surface area contributed by atoms with E-state index in [0.29, 0.717) is 23.0 Å². The number of rotatable bonds is 6. The Kier molecular flexibility index (Phi) is 6.25. The van der Waals surface area contributed by atoms with Gasteiger partial charge in [-0.3, -0.25) is 4.79 Å². The molecule has 0 fully saturated rings. The molecule has 0 bridgehead atoms. The highest BCUT2D eigenvalue weighted by Crippen LogP contribution is 2.39. The van der Waals surface area contributed by atoms with E-state index in [1.54, 1.807) is 16.8 Å². The third kappa shape index (κ3) is 4.57. The van der Waals surface area contributed by atoms with Crippen LogP contribution in [0.4, 0.5) is 16.0 Å². The Balaban J connectivity index is 1.51. The average Bonchev–Trinajstić information content (AvgIpc) is 3.33. The van der Waals surface area contributed by atoms with Gasteiger partial charge in [0.15, 0.2) is 0 Å². The second-order valence-electron chi connectivity index (χ2n) is 8.82. The second-order valence-corrected chi connectivity index (χ2v) is 8.82. The predicted octanol–water partition coefficient (Wildman–Crippen LogP) is 5.54. The van der Waals surface area contributed by atoms with Crippen molar-refractivity contribution in [1.29, 1.82) is 0 Å². The second kappa shape index (κ2) is 9.65. The van der Waals surface area contributed by atoms with Crippen molar-refractivity contribution in [1.82, 2.24) is 14.8 Å². The van der Waals surface area contributed by atoms with Crippen LogP contribution in [0.2, 0.25) is 0 Å². The van der Waals surface area contributed by atoms with Crippen LogP contribution in [0.5, 0.6) is 5.75 Å². The van der Waals surface area contributed by atoms with Crippen LogP contribution in [0.1, 0.15) is 35.2 Å². The van der Waals surface area contributed by atoms with Gasteiger partial charge in [0.2, 0.25) is 5.95 Å². The van der Waals surface area contributed by atoms with Crippen LogP contribution in [0, 0.1) is 19.7 Å². The lowest BCUT2D eigenvalue weighted by Crippen LogP contribution is -2.32. The molecule has 0 spiro atoms. The van der Waals surface area contributed by atoms with Gasteiger partial charge in [0.05, 0.1) is 5.57 Å². The molecular formula is C28H26FN5O2. The van der Waals surface area contributed by atoms with E-state index in [-0.39, 0.29) is 18.3 Å². The molecule has 3 aromatic carbocycles. The molecule has 36 heavy (non-hydrogen) atoms. The van der Waals surface area contributed by atoms with E-state index in [1.807, 2.05) is 63.2 Å². The summed E-state index contributed by atoms with van der Waals surface area (Å²) in [4.78, 5) is 18.0. The van der Waals surface area contributed by atoms with Gasteiger partial charge in [-0.15, -0.1) is 0 Å². The summed E-state index contributed by atoms with van der Waals surface area (Å²) in [5.41, 5.74) is 5.62. The molecule has 0 radical (unpaired) electrons. The molecule has 1 atom stereocenters. The van der Waals surface area contributed by atoms with Crippen LogP contribution in [-0.4, -0.2) is 20.7 Å². The predicted molar refractivity (Wildman–Crippen MR) is 136 cm³/mol. The van der Waals surface area contributed by atoms with Crippen LogP contribution >= 0.6 is 0 Å². The number of carbonyl (C=O) groups is 1.